The van der Waals surface area contributed by atoms with Crippen LogP contribution in [0.15, 0.2) is 35.9 Å². The third-order valence-electron chi connectivity index (χ3n) is 4.57. The third-order valence-corrected chi connectivity index (χ3v) is 4.57. The highest BCUT2D eigenvalue weighted by molar-refractivity contribution is 6.11. The smallest absolute Gasteiger partial charge is 0.203 e. The average Bonchev–Trinajstić information content (AvgIpc) is 2.74. The Balaban J connectivity index is 1.96. The summed E-state index contributed by atoms with van der Waals surface area (Å²) in [5.41, 5.74) is 8.54. The van der Waals surface area contributed by atoms with Crippen molar-refractivity contribution in [2.45, 2.75) is 26.7 Å². The maximum absolute atomic E-state index is 13.2. The number of anilines is 1. The van der Waals surface area contributed by atoms with Gasteiger partial charge >= 0.3 is 0 Å². The molecule has 0 saturated heterocycles. The van der Waals surface area contributed by atoms with Crippen LogP contribution in [0.4, 0.5) is 5.69 Å². The standard InChI is InChI=1S/C23H27NO5/c1-4-6-16(22(25)17-7-8-19(27-5-2)18(24)14-17)11-15-12-20(26-3)23-21(13-15)28-9-10-29-23/h7-8,11-14H,4-6,9-10,24H2,1-3H3/b16-11+. The molecule has 0 aromatic heterocycles. The Morgan fingerprint density at radius 1 is 1.14 bits per heavy atom. The molecule has 2 aromatic rings. The highest BCUT2D eigenvalue weighted by Gasteiger charge is 2.19. The molecule has 6 heteroatoms. The minimum Gasteiger partial charge on any atom is -0.493 e. The summed E-state index contributed by atoms with van der Waals surface area (Å²) in [4.78, 5) is 13.2. The summed E-state index contributed by atoms with van der Waals surface area (Å²) in [5, 5.41) is 0. The van der Waals surface area contributed by atoms with Gasteiger partial charge in [-0.1, -0.05) is 13.3 Å². The van der Waals surface area contributed by atoms with Crippen molar-refractivity contribution in [1.82, 2.24) is 0 Å². The summed E-state index contributed by atoms with van der Waals surface area (Å²) in [7, 11) is 1.59. The number of ether oxygens (including phenoxy) is 4. The first-order chi connectivity index (χ1) is 14.1. The Morgan fingerprint density at radius 3 is 2.62 bits per heavy atom. The van der Waals surface area contributed by atoms with Gasteiger partial charge in [-0.3, -0.25) is 4.79 Å². The van der Waals surface area contributed by atoms with E-state index in [0.717, 1.165) is 12.0 Å². The zero-order valence-corrected chi connectivity index (χ0v) is 17.1. The van der Waals surface area contributed by atoms with Gasteiger partial charge in [0.25, 0.3) is 0 Å². The van der Waals surface area contributed by atoms with E-state index in [4.69, 9.17) is 24.7 Å². The van der Waals surface area contributed by atoms with Gasteiger partial charge in [-0.15, -0.1) is 0 Å². The number of methoxy groups -OCH3 is 1. The van der Waals surface area contributed by atoms with Gasteiger partial charge in [0.2, 0.25) is 5.75 Å². The normalized spacial score (nSPS) is 13.1. The fourth-order valence-corrected chi connectivity index (χ4v) is 3.26. The second-order valence-corrected chi connectivity index (χ2v) is 6.68. The average molecular weight is 397 g/mol. The van der Waals surface area contributed by atoms with Crippen LogP contribution < -0.4 is 24.7 Å². The van der Waals surface area contributed by atoms with E-state index < -0.39 is 0 Å². The lowest BCUT2D eigenvalue weighted by atomic mass is 9.96. The summed E-state index contributed by atoms with van der Waals surface area (Å²) in [5.74, 6) is 2.33. The maximum Gasteiger partial charge on any atom is 0.203 e. The molecule has 0 aliphatic carbocycles. The lowest BCUT2D eigenvalue weighted by Crippen LogP contribution is -2.16. The first-order valence-corrected chi connectivity index (χ1v) is 9.82. The third kappa shape index (κ3) is 4.65. The highest BCUT2D eigenvalue weighted by atomic mass is 16.6. The molecular weight excluding hydrogens is 370 g/mol. The molecule has 0 atom stereocenters. The van der Waals surface area contributed by atoms with Gasteiger partial charge in [0, 0.05) is 11.1 Å². The SMILES string of the molecule is CCC/C(=C\c1cc(OC)c2c(c1)OCCO2)C(=O)c1ccc(OCC)c(N)c1. The first kappa shape index (κ1) is 20.6. The molecule has 29 heavy (non-hydrogen) atoms. The van der Waals surface area contributed by atoms with E-state index in [-0.39, 0.29) is 5.78 Å². The molecule has 0 fully saturated rings. The van der Waals surface area contributed by atoms with Crippen LogP contribution in [0.3, 0.4) is 0 Å². The first-order valence-electron chi connectivity index (χ1n) is 9.82. The van der Waals surface area contributed by atoms with E-state index in [0.29, 0.717) is 66.1 Å². The molecule has 0 unspecified atom stereocenters. The van der Waals surface area contributed by atoms with Gasteiger partial charge in [0.15, 0.2) is 17.3 Å². The summed E-state index contributed by atoms with van der Waals surface area (Å²) < 4.78 is 22.3. The molecule has 2 aromatic carbocycles. The van der Waals surface area contributed by atoms with E-state index in [9.17, 15) is 4.79 Å². The van der Waals surface area contributed by atoms with Crippen molar-refractivity contribution in [1.29, 1.82) is 0 Å². The lowest BCUT2D eigenvalue weighted by Gasteiger charge is -2.21. The van der Waals surface area contributed by atoms with Crippen molar-refractivity contribution in [2.75, 3.05) is 32.7 Å². The monoisotopic (exact) mass is 397 g/mol. The number of Topliss-reactive ketones (excluding diaryl/α,β-unsaturated/α-hetero) is 1. The van der Waals surface area contributed by atoms with Crippen LogP contribution in [-0.4, -0.2) is 32.7 Å². The number of carbonyl (C=O) groups is 1. The highest BCUT2D eigenvalue weighted by Crippen LogP contribution is 2.41. The number of ketones is 1. The molecule has 0 amide bonds. The Labute approximate surface area is 171 Å². The summed E-state index contributed by atoms with van der Waals surface area (Å²) in [6.45, 7) is 5.41. The van der Waals surface area contributed by atoms with Crippen LogP contribution in [0, 0.1) is 0 Å². The number of rotatable bonds is 8. The van der Waals surface area contributed by atoms with E-state index >= 15 is 0 Å². The maximum atomic E-state index is 13.2. The Hall–Kier alpha value is -3.15. The van der Waals surface area contributed by atoms with Crippen LogP contribution in [-0.2, 0) is 0 Å². The second-order valence-electron chi connectivity index (χ2n) is 6.68. The van der Waals surface area contributed by atoms with Crippen molar-refractivity contribution < 1.29 is 23.7 Å². The van der Waals surface area contributed by atoms with E-state index in [2.05, 4.69) is 0 Å². The molecule has 3 rings (SSSR count). The van der Waals surface area contributed by atoms with Gasteiger partial charge in [0.1, 0.15) is 19.0 Å². The molecule has 0 spiro atoms. The summed E-state index contributed by atoms with van der Waals surface area (Å²) >= 11 is 0. The van der Waals surface area contributed by atoms with Crippen LogP contribution in [0.5, 0.6) is 23.0 Å². The molecule has 1 aliphatic heterocycles. The minimum atomic E-state index is -0.0598. The Morgan fingerprint density at radius 2 is 1.93 bits per heavy atom. The minimum absolute atomic E-state index is 0.0598. The number of carbonyl (C=O) groups excluding carboxylic acids is 1. The fourth-order valence-electron chi connectivity index (χ4n) is 3.26. The number of nitrogen functional groups attached to an aromatic ring is 1. The van der Waals surface area contributed by atoms with Crippen LogP contribution in [0.25, 0.3) is 6.08 Å². The summed E-state index contributed by atoms with van der Waals surface area (Å²) in [6.07, 6.45) is 3.35. The lowest BCUT2D eigenvalue weighted by molar-refractivity contribution is 0.103. The summed E-state index contributed by atoms with van der Waals surface area (Å²) in [6, 6.07) is 8.87. The van der Waals surface area contributed by atoms with E-state index in [1.165, 1.54) is 0 Å². The zero-order valence-electron chi connectivity index (χ0n) is 17.1. The molecular formula is C23H27NO5. The fraction of sp³-hybridized carbons (Fsp3) is 0.348. The van der Waals surface area contributed by atoms with Gasteiger partial charge < -0.3 is 24.7 Å². The molecule has 1 heterocycles. The molecule has 2 N–H and O–H groups in total. The van der Waals surface area contributed by atoms with Gasteiger partial charge in [0.05, 0.1) is 19.4 Å². The van der Waals surface area contributed by atoms with Gasteiger partial charge in [-0.05, 0) is 55.3 Å². The van der Waals surface area contributed by atoms with Crippen LogP contribution in [0.1, 0.15) is 42.6 Å². The van der Waals surface area contributed by atoms with Gasteiger partial charge in [-0.2, -0.15) is 0 Å². The molecule has 0 radical (unpaired) electrons. The zero-order chi connectivity index (χ0) is 20.8. The largest absolute Gasteiger partial charge is 0.493 e. The molecule has 154 valence electrons. The van der Waals surface area contributed by atoms with Gasteiger partial charge in [-0.25, -0.2) is 0 Å². The molecule has 0 saturated carbocycles. The number of hydrogen-bond acceptors (Lipinski definition) is 6. The quantitative estimate of drug-likeness (QED) is 0.401. The predicted molar refractivity (Wildman–Crippen MR) is 113 cm³/mol. The predicted octanol–water partition coefficient (Wildman–Crippen LogP) is 4.51. The van der Waals surface area contributed by atoms with Crippen LogP contribution in [0.2, 0.25) is 0 Å². The number of allylic oxidation sites excluding steroid dienone is 1. The topological polar surface area (TPSA) is 80.0 Å². The number of fused-ring (bicyclic) bond motifs is 1. The molecule has 1 aliphatic rings. The Bertz CT molecular complexity index is 902. The number of hydrogen-bond donors (Lipinski definition) is 1. The van der Waals surface area contributed by atoms with Crippen molar-refractivity contribution >= 4 is 17.5 Å². The van der Waals surface area contributed by atoms with Crippen molar-refractivity contribution in [3.05, 3.63) is 47.0 Å². The second kappa shape index (κ2) is 9.37. The number of nitrogens with two attached hydrogens (primary N) is 1. The van der Waals surface area contributed by atoms with E-state index in [1.807, 2.05) is 32.1 Å². The molecule has 0 bridgehead atoms. The molecule has 6 nitrogen and oxygen atoms in total. The van der Waals surface area contributed by atoms with E-state index in [1.54, 1.807) is 25.3 Å². The van der Waals surface area contributed by atoms with Crippen molar-refractivity contribution in [3.8, 4) is 23.0 Å². The van der Waals surface area contributed by atoms with Crippen LogP contribution >= 0.6 is 0 Å². The number of benzene rings is 2. The van der Waals surface area contributed by atoms with Crippen molar-refractivity contribution in [2.24, 2.45) is 0 Å². The van der Waals surface area contributed by atoms with Crippen molar-refractivity contribution in [3.63, 3.8) is 0 Å². The Kier molecular flexibility index (Phi) is 6.65.